The molecule has 1 aliphatic carbocycles. The Bertz CT molecular complexity index is 684. The van der Waals surface area contributed by atoms with Gasteiger partial charge in [-0.3, -0.25) is 10.1 Å². The molecule has 0 saturated heterocycles. The van der Waals surface area contributed by atoms with Crippen molar-refractivity contribution in [1.82, 2.24) is 0 Å². The van der Waals surface area contributed by atoms with Crippen molar-refractivity contribution in [2.45, 2.75) is 25.8 Å². The van der Waals surface area contributed by atoms with Crippen molar-refractivity contribution in [2.24, 2.45) is 0 Å². The van der Waals surface area contributed by atoms with Crippen molar-refractivity contribution in [1.29, 1.82) is 0 Å². The van der Waals surface area contributed by atoms with E-state index in [1.807, 2.05) is 19.1 Å². The molecule has 0 aliphatic heterocycles. The second kappa shape index (κ2) is 5.07. The topological polar surface area (TPSA) is 55.2 Å². The zero-order valence-electron chi connectivity index (χ0n) is 10.9. The van der Waals surface area contributed by atoms with Gasteiger partial charge in [0.25, 0.3) is 5.69 Å². The van der Waals surface area contributed by atoms with E-state index in [0.717, 1.165) is 22.7 Å². The number of nitrogens with zero attached hydrogens (tertiary/aromatic N) is 1. The fourth-order valence-corrected chi connectivity index (χ4v) is 3.95. The molecule has 1 aromatic carbocycles. The summed E-state index contributed by atoms with van der Waals surface area (Å²) in [6.07, 6.45) is 1.92. The Hall–Kier alpha value is -1.59. The molecule has 1 unspecified atom stereocenters. The number of nitro benzene ring substituents is 1. The molecule has 0 bridgehead atoms. The van der Waals surface area contributed by atoms with Gasteiger partial charge in [0.1, 0.15) is 5.69 Å². The third-order valence-electron chi connectivity index (χ3n) is 3.53. The minimum Gasteiger partial charge on any atom is -0.373 e. The molecule has 0 radical (unpaired) electrons. The summed E-state index contributed by atoms with van der Waals surface area (Å²) in [5.74, 6) is 0. The molecule has 1 N–H and O–H groups in total. The van der Waals surface area contributed by atoms with Gasteiger partial charge in [-0.15, -0.1) is 11.3 Å². The molecule has 1 atom stereocenters. The molecule has 2 aromatic rings. The van der Waals surface area contributed by atoms with Crippen molar-refractivity contribution in [3.8, 4) is 0 Å². The van der Waals surface area contributed by atoms with Crippen LogP contribution in [0.2, 0.25) is 4.34 Å². The van der Waals surface area contributed by atoms with Gasteiger partial charge >= 0.3 is 0 Å². The number of nitrogens with one attached hydrogen (secondary N) is 1. The molecule has 0 fully saturated rings. The van der Waals surface area contributed by atoms with Crippen molar-refractivity contribution in [3.05, 3.63) is 54.7 Å². The quantitative estimate of drug-likeness (QED) is 0.659. The van der Waals surface area contributed by atoms with E-state index >= 15 is 0 Å². The fraction of sp³-hybridized carbons (Fsp3) is 0.286. The van der Waals surface area contributed by atoms with Gasteiger partial charge < -0.3 is 5.32 Å². The van der Waals surface area contributed by atoms with Gasteiger partial charge in [-0.25, -0.2) is 0 Å². The first-order valence-electron chi connectivity index (χ1n) is 6.34. The Morgan fingerprint density at radius 2 is 2.25 bits per heavy atom. The number of benzene rings is 1. The van der Waals surface area contributed by atoms with Crippen LogP contribution in [0.4, 0.5) is 11.4 Å². The molecule has 6 heteroatoms. The van der Waals surface area contributed by atoms with Gasteiger partial charge in [0.05, 0.1) is 15.3 Å². The summed E-state index contributed by atoms with van der Waals surface area (Å²) in [5, 5.41) is 14.4. The maximum atomic E-state index is 11.1. The van der Waals surface area contributed by atoms with E-state index in [0.29, 0.717) is 5.69 Å². The Labute approximate surface area is 125 Å². The number of nitro groups is 1. The zero-order valence-corrected chi connectivity index (χ0v) is 12.4. The molecule has 20 heavy (non-hydrogen) atoms. The smallest absolute Gasteiger partial charge is 0.292 e. The predicted molar refractivity (Wildman–Crippen MR) is 81.8 cm³/mol. The maximum Gasteiger partial charge on any atom is 0.292 e. The third-order valence-corrected chi connectivity index (χ3v) is 4.87. The molecular formula is C14H13ClN2O2S. The number of rotatable bonds is 3. The van der Waals surface area contributed by atoms with E-state index in [-0.39, 0.29) is 16.7 Å². The van der Waals surface area contributed by atoms with Gasteiger partial charge in [0.15, 0.2) is 0 Å². The summed E-state index contributed by atoms with van der Waals surface area (Å²) in [7, 11) is 0. The first-order valence-corrected chi connectivity index (χ1v) is 7.53. The van der Waals surface area contributed by atoms with Crippen molar-refractivity contribution in [2.75, 3.05) is 5.32 Å². The van der Waals surface area contributed by atoms with Crippen LogP contribution in [0.5, 0.6) is 0 Å². The number of anilines is 1. The highest BCUT2D eigenvalue weighted by Gasteiger charge is 2.27. The van der Waals surface area contributed by atoms with E-state index in [1.165, 1.54) is 10.4 Å². The van der Waals surface area contributed by atoms with E-state index < -0.39 is 0 Å². The van der Waals surface area contributed by atoms with E-state index in [1.54, 1.807) is 23.5 Å². The molecule has 0 spiro atoms. The highest BCUT2D eigenvalue weighted by molar-refractivity contribution is 7.16. The largest absolute Gasteiger partial charge is 0.373 e. The Morgan fingerprint density at radius 3 is 3.00 bits per heavy atom. The van der Waals surface area contributed by atoms with Crippen LogP contribution in [-0.4, -0.2) is 4.92 Å². The van der Waals surface area contributed by atoms with Crippen LogP contribution in [0.25, 0.3) is 0 Å². The zero-order chi connectivity index (χ0) is 14.3. The first-order chi connectivity index (χ1) is 9.54. The molecule has 0 amide bonds. The fourth-order valence-electron chi connectivity index (χ4n) is 2.59. The van der Waals surface area contributed by atoms with Crippen LogP contribution in [0, 0.1) is 17.0 Å². The number of hydrogen-bond donors (Lipinski definition) is 1. The van der Waals surface area contributed by atoms with E-state index in [2.05, 4.69) is 5.32 Å². The van der Waals surface area contributed by atoms with Crippen LogP contribution in [0.3, 0.4) is 0 Å². The molecule has 1 heterocycles. The lowest BCUT2D eigenvalue weighted by molar-refractivity contribution is -0.384. The van der Waals surface area contributed by atoms with Crippen LogP contribution < -0.4 is 5.32 Å². The van der Waals surface area contributed by atoms with E-state index in [4.69, 9.17) is 11.6 Å². The summed E-state index contributed by atoms with van der Waals surface area (Å²) >= 11 is 7.63. The molecular weight excluding hydrogens is 296 g/mol. The number of halogens is 1. The Balaban J connectivity index is 1.92. The molecule has 1 aliphatic rings. The number of fused-ring (bicyclic) bond motifs is 1. The summed E-state index contributed by atoms with van der Waals surface area (Å²) in [6, 6.07) is 7.20. The summed E-state index contributed by atoms with van der Waals surface area (Å²) in [6.45, 7) is 1.93. The summed E-state index contributed by atoms with van der Waals surface area (Å²) in [4.78, 5) is 12.0. The number of hydrogen-bond acceptors (Lipinski definition) is 4. The average Bonchev–Trinajstić information content (AvgIpc) is 2.90. The second-order valence-corrected chi connectivity index (χ2v) is 6.71. The van der Waals surface area contributed by atoms with Gasteiger partial charge in [0, 0.05) is 10.9 Å². The third kappa shape index (κ3) is 2.39. The lowest BCUT2D eigenvalue weighted by Crippen LogP contribution is -2.08. The first kappa shape index (κ1) is 13.4. The van der Waals surface area contributed by atoms with Crippen LogP contribution >= 0.6 is 22.9 Å². The van der Waals surface area contributed by atoms with Crippen LogP contribution in [0.15, 0.2) is 24.3 Å². The van der Waals surface area contributed by atoms with E-state index in [9.17, 15) is 10.1 Å². The molecule has 0 saturated carbocycles. The van der Waals surface area contributed by atoms with Gasteiger partial charge in [0.2, 0.25) is 0 Å². The molecule has 1 aromatic heterocycles. The van der Waals surface area contributed by atoms with Crippen LogP contribution in [-0.2, 0) is 6.42 Å². The van der Waals surface area contributed by atoms with Crippen molar-refractivity contribution < 1.29 is 4.92 Å². The van der Waals surface area contributed by atoms with Crippen LogP contribution in [0.1, 0.15) is 28.5 Å². The van der Waals surface area contributed by atoms with Crippen molar-refractivity contribution in [3.63, 3.8) is 0 Å². The SMILES string of the molecule is Cc1ccc([N+](=O)[O-])c(NC2CCc3sc(Cl)cc32)c1. The van der Waals surface area contributed by atoms with Gasteiger partial charge in [-0.2, -0.15) is 0 Å². The minimum absolute atomic E-state index is 0.106. The summed E-state index contributed by atoms with van der Waals surface area (Å²) < 4.78 is 0.778. The standard InChI is InChI=1S/C14H13ClN2O2S/c1-8-2-4-12(17(18)19)11(6-8)16-10-3-5-13-9(10)7-14(15)20-13/h2,4,6-7,10,16H,3,5H2,1H3. The molecule has 3 rings (SSSR count). The lowest BCUT2D eigenvalue weighted by Gasteiger charge is -2.15. The Morgan fingerprint density at radius 1 is 1.45 bits per heavy atom. The lowest BCUT2D eigenvalue weighted by atomic mass is 10.1. The Kier molecular flexibility index (Phi) is 3.40. The average molecular weight is 309 g/mol. The second-order valence-electron chi connectivity index (χ2n) is 4.94. The predicted octanol–water partition coefficient (Wildman–Crippen LogP) is 4.72. The normalized spacial score (nSPS) is 17.0. The monoisotopic (exact) mass is 308 g/mol. The molecule has 4 nitrogen and oxygen atoms in total. The minimum atomic E-state index is -0.349. The highest BCUT2D eigenvalue weighted by atomic mass is 35.5. The maximum absolute atomic E-state index is 11.1. The molecule has 104 valence electrons. The number of aryl methyl sites for hydroxylation is 2. The van der Waals surface area contributed by atoms with Crippen molar-refractivity contribution >= 4 is 34.3 Å². The number of thiophene rings is 1. The van der Waals surface area contributed by atoms with Gasteiger partial charge in [-0.1, -0.05) is 17.7 Å². The summed E-state index contributed by atoms with van der Waals surface area (Å²) in [5.41, 5.74) is 2.87. The van der Waals surface area contributed by atoms with Gasteiger partial charge in [-0.05, 0) is 43.0 Å². The highest BCUT2D eigenvalue weighted by Crippen LogP contribution is 2.42.